The fraction of sp³-hybridized carbons (Fsp3) is 0.333. The minimum atomic E-state index is -0.395. The number of allylic oxidation sites excluding steroid dienone is 3. The number of hydrogen-bond donors (Lipinski definition) is 2. The maximum Gasteiger partial charge on any atom is 0.255 e. The highest BCUT2D eigenvalue weighted by atomic mass is 16.2. The van der Waals surface area contributed by atoms with E-state index < -0.39 is 5.92 Å². The number of aryl methyl sites for hydroxylation is 2. The molecule has 1 aliphatic carbocycles. The van der Waals surface area contributed by atoms with Gasteiger partial charge in [0.2, 0.25) is 0 Å². The lowest BCUT2D eigenvalue weighted by atomic mass is 9.71. The lowest BCUT2D eigenvalue weighted by Gasteiger charge is -2.37. The standard InChI is InChI=1S/C21H23N5O2/c1-12-7-8-22-17(9-12)25-21(28)18-13(2)24-15-5-4-6-16(27)20(15)19(18)14-10-23-26(3)11-14/h5,7-11,19-20,24H,4,6H2,1-3H3,(H,22,25,28). The van der Waals surface area contributed by atoms with Crippen molar-refractivity contribution >= 4 is 17.5 Å². The Bertz CT molecular complexity index is 1020. The van der Waals surface area contributed by atoms with Crippen molar-refractivity contribution in [3.63, 3.8) is 0 Å². The normalized spacial score (nSPS) is 21.7. The van der Waals surface area contributed by atoms with Gasteiger partial charge in [-0.3, -0.25) is 14.3 Å². The van der Waals surface area contributed by atoms with E-state index in [2.05, 4.69) is 26.8 Å². The van der Waals surface area contributed by atoms with E-state index in [0.29, 0.717) is 17.8 Å². The predicted molar refractivity (Wildman–Crippen MR) is 105 cm³/mol. The zero-order valence-corrected chi connectivity index (χ0v) is 16.2. The second-order valence-corrected chi connectivity index (χ2v) is 7.40. The molecule has 2 aromatic rings. The van der Waals surface area contributed by atoms with Crippen LogP contribution in [0.4, 0.5) is 5.82 Å². The van der Waals surface area contributed by atoms with Crippen molar-refractivity contribution in [2.45, 2.75) is 32.6 Å². The summed E-state index contributed by atoms with van der Waals surface area (Å²) in [6.45, 7) is 3.82. The van der Waals surface area contributed by atoms with Crippen LogP contribution >= 0.6 is 0 Å². The molecule has 7 nitrogen and oxygen atoms in total. The molecule has 0 saturated carbocycles. The molecule has 7 heteroatoms. The van der Waals surface area contributed by atoms with E-state index in [-0.39, 0.29) is 17.6 Å². The first kappa shape index (κ1) is 18.2. The molecule has 0 aromatic carbocycles. The van der Waals surface area contributed by atoms with Gasteiger partial charge in [-0.15, -0.1) is 0 Å². The first-order valence-electron chi connectivity index (χ1n) is 9.37. The van der Waals surface area contributed by atoms with Gasteiger partial charge in [0.15, 0.2) is 0 Å². The predicted octanol–water partition coefficient (Wildman–Crippen LogP) is 2.59. The number of carbonyl (C=O) groups is 2. The number of Topliss-reactive ketones (excluding diaryl/α,β-unsaturated/α-hetero) is 1. The number of amides is 1. The van der Waals surface area contributed by atoms with Gasteiger partial charge < -0.3 is 10.6 Å². The fourth-order valence-corrected chi connectivity index (χ4v) is 4.06. The van der Waals surface area contributed by atoms with Gasteiger partial charge in [-0.2, -0.15) is 5.10 Å². The number of rotatable bonds is 3. The number of hydrogen-bond acceptors (Lipinski definition) is 5. The van der Waals surface area contributed by atoms with Crippen LogP contribution in [0.5, 0.6) is 0 Å². The topological polar surface area (TPSA) is 88.9 Å². The molecule has 0 fully saturated rings. The third-order valence-electron chi connectivity index (χ3n) is 5.30. The Morgan fingerprint density at radius 2 is 2.14 bits per heavy atom. The quantitative estimate of drug-likeness (QED) is 0.858. The van der Waals surface area contributed by atoms with Crippen LogP contribution in [-0.2, 0) is 16.6 Å². The summed E-state index contributed by atoms with van der Waals surface area (Å²) in [6.07, 6.45) is 8.55. The Morgan fingerprint density at radius 1 is 1.32 bits per heavy atom. The van der Waals surface area contributed by atoms with Crippen LogP contribution in [0.25, 0.3) is 0 Å². The molecule has 0 bridgehead atoms. The molecular formula is C21H23N5O2. The highest BCUT2D eigenvalue weighted by molar-refractivity contribution is 6.06. The van der Waals surface area contributed by atoms with Crippen LogP contribution in [-0.4, -0.2) is 26.5 Å². The number of aromatic nitrogens is 3. The van der Waals surface area contributed by atoms with Crippen molar-refractivity contribution in [2.75, 3.05) is 5.32 Å². The Kier molecular flexibility index (Phi) is 4.58. The first-order valence-corrected chi connectivity index (χ1v) is 9.37. The number of anilines is 1. The molecule has 144 valence electrons. The van der Waals surface area contributed by atoms with Gasteiger partial charge >= 0.3 is 0 Å². The van der Waals surface area contributed by atoms with Crippen molar-refractivity contribution in [2.24, 2.45) is 13.0 Å². The lowest BCUT2D eigenvalue weighted by Crippen LogP contribution is -2.41. The van der Waals surface area contributed by atoms with Gasteiger partial charge in [-0.25, -0.2) is 4.98 Å². The van der Waals surface area contributed by atoms with Crippen molar-refractivity contribution in [3.05, 3.63) is 64.9 Å². The van der Waals surface area contributed by atoms with Crippen molar-refractivity contribution in [3.8, 4) is 0 Å². The van der Waals surface area contributed by atoms with Crippen molar-refractivity contribution in [1.29, 1.82) is 0 Å². The Labute approximate surface area is 163 Å². The zero-order valence-electron chi connectivity index (χ0n) is 16.2. The highest BCUT2D eigenvalue weighted by Gasteiger charge is 2.43. The molecular weight excluding hydrogens is 354 g/mol. The van der Waals surface area contributed by atoms with E-state index in [0.717, 1.165) is 28.9 Å². The summed E-state index contributed by atoms with van der Waals surface area (Å²) < 4.78 is 1.70. The molecule has 2 unspecified atom stereocenters. The van der Waals surface area contributed by atoms with Gasteiger partial charge in [0, 0.05) is 48.7 Å². The van der Waals surface area contributed by atoms with E-state index in [1.165, 1.54) is 0 Å². The maximum atomic E-state index is 13.3. The molecule has 1 aliphatic heterocycles. The summed E-state index contributed by atoms with van der Waals surface area (Å²) in [6, 6.07) is 3.69. The molecule has 2 atom stereocenters. The van der Waals surface area contributed by atoms with Crippen LogP contribution in [0.1, 0.15) is 36.8 Å². The first-order chi connectivity index (χ1) is 13.4. The van der Waals surface area contributed by atoms with Crippen LogP contribution in [0.15, 0.2) is 53.8 Å². The van der Waals surface area contributed by atoms with Crippen LogP contribution in [0.3, 0.4) is 0 Å². The minimum absolute atomic E-state index is 0.144. The van der Waals surface area contributed by atoms with E-state index >= 15 is 0 Å². The third-order valence-corrected chi connectivity index (χ3v) is 5.30. The molecule has 2 aromatic heterocycles. The second kappa shape index (κ2) is 7.07. The highest BCUT2D eigenvalue weighted by Crippen LogP contribution is 2.43. The monoisotopic (exact) mass is 377 g/mol. The molecule has 0 saturated heterocycles. The van der Waals surface area contributed by atoms with Crippen LogP contribution < -0.4 is 10.6 Å². The maximum absolute atomic E-state index is 13.3. The summed E-state index contributed by atoms with van der Waals surface area (Å²) in [5, 5.41) is 10.5. The van der Waals surface area contributed by atoms with E-state index in [4.69, 9.17) is 0 Å². The fourth-order valence-electron chi connectivity index (χ4n) is 4.06. The van der Waals surface area contributed by atoms with Gasteiger partial charge in [-0.05, 0) is 43.5 Å². The number of carbonyl (C=O) groups excluding carboxylic acids is 2. The van der Waals surface area contributed by atoms with Crippen molar-refractivity contribution < 1.29 is 9.59 Å². The van der Waals surface area contributed by atoms with E-state index in [9.17, 15) is 9.59 Å². The Hall–Kier alpha value is -3.22. The van der Waals surface area contributed by atoms with Gasteiger partial charge in [0.25, 0.3) is 5.91 Å². The number of nitrogens with one attached hydrogen (secondary N) is 2. The number of ketones is 1. The number of fused-ring (bicyclic) bond motifs is 1. The smallest absolute Gasteiger partial charge is 0.255 e. The SMILES string of the molecule is CC1=C(C(=O)Nc2cc(C)ccn2)C(c2cnn(C)c2)C2C(=O)CCC=C2N1. The summed E-state index contributed by atoms with van der Waals surface area (Å²) in [5.41, 5.74) is 4.05. The van der Waals surface area contributed by atoms with Gasteiger partial charge in [-0.1, -0.05) is 6.08 Å². The summed E-state index contributed by atoms with van der Waals surface area (Å²) in [4.78, 5) is 30.3. The Morgan fingerprint density at radius 3 is 2.86 bits per heavy atom. The lowest BCUT2D eigenvalue weighted by molar-refractivity contribution is -0.122. The van der Waals surface area contributed by atoms with Crippen molar-refractivity contribution in [1.82, 2.24) is 20.1 Å². The molecule has 2 N–H and O–H groups in total. The molecule has 3 heterocycles. The third kappa shape index (κ3) is 3.24. The average Bonchev–Trinajstić information content (AvgIpc) is 3.06. The number of nitrogens with zero attached hydrogens (tertiary/aromatic N) is 3. The zero-order chi connectivity index (χ0) is 19.8. The average molecular weight is 377 g/mol. The summed E-state index contributed by atoms with van der Waals surface area (Å²) in [7, 11) is 1.83. The molecule has 0 spiro atoms. The van der Waals surface area contributed by atoms with Crippen LogP contribution in [0, 0.1) is 12.8 Å². The summed E-state index contributed by atoms with van der Waals surface area (Å²) in [5.74, 6) is -0.391. The molecule has 0 radical (unpaired) electrons. The van der Waals surface area contributed by atoms with Gasteiger partial charge in [0.05, 0.1) is 12.1 Å². The molecule has 2 aliphatic rings. The molecule has 28 heavy (non-hydrogen) atoms. The molecule has 1 amide bonds. The Balaban J connectivity index is 1.78. The van der Waals surface area contributed by atoms with E-state index in [1.807, 2.05) is 39.2 Å². The van der Waals surface area contributed by atoms with Gasteiger partial charge in [0.1, 0.15) is 11.6 Å². The second-order valence-electron chi connectivity index (χ2n) is 7.40. The number of pyridine rings is 1. The van der Waals surface area contributed by atoms with Crippen LogP contribution in [0.2, 0.25) is 0 Å². The minimum Gasteiger partial charge on any atom is -0.362 e. The summed E-state index contributed by atoms with van der Waals surface area (Å²) >= 11 is 0. The molecule has 4 rings (SSSR count). The van der Waals surface area contributed by atoms with E-state index in [1.54, 1.807) is 17.1 Å². The largest absolute Gasteiger partial charge is 0.362 e.